The minimum atomic E-state index is -0.890. The van der Waals surface area contributed by atoms with Crippen molar-refractivity contribution >= 4 is 33.6 Å². The van der Waals surface area contributed by atoms with Crippen LogP contribution < -0.4 is 5.43 Å². The second kappa shape index (κ2) is 8.08. The highest BCUT2D eigenvalue weighted by molar-refractivity contribution is 6.00. The van der Waals surface area contributed by atoms with Gasteiger partial charge in [-0.15, -0.1) is 0 Å². The monoisotopic (exact) mass is 425 g/mol. The first kappa shape index (κ1) is 20.2. The molecule has 4 aromatic rings. The zero-order chi connectivity index (χ0) is 22.2. The minimum absolute atomic E-state index is 0.0685. The van der Waals surface area contributed by atoms with Gasteiger partial charge in [-0.3, -0.25) is 14.4 Å². The van der Waals surface area contributed by atoms with E-state index in [0.29, 0.717) is 27.4 Å². The van der Waals surface area contributed by atoms with Crippen LogP contribution in [-0.2, 0) is 28.9 Å². The summed E-state index contributed by atoms with van der Waals surface area (Å²) in [6.45, 7) is 1.51. The summed E-state index contributed by atoms with van der Waals surface area (Å²) < 4.78 is 7.31. The van der Waals surface area contributed by atoms with Crippen LogP contribution in [0, 0.1) is 0 Å². The van der Waals surface area contributed by atoms with E-state index < -0.39 is 12.1 Å². The summed E-state index contributed by atoms with van der Waals surface area (Å²) in [7, 11) is 0. The van der Waals surface area contributed by atoms with Crippen molar-refractivity contribution in [2.24, 2.45) is 0 Å². The van der Waals surface area contributed by atoms with Gasteiger partial charge in [0, 0.05) is 16.3 Å². The third-order valence-electron chi connectivity index (χ3n) is 6.23. The number of esters is 1. The van der Waals surface area contributed by atoms with Crippen LogP contribution in [0.4, 0.5) is 0 Å². The van der Waals surface area contributed by atoms with Crippen molar-refractivity contribution in [1.29, 1.82) is 0 Å². The van der Waals surface area contributed by atoms with Gasteiger partial charge in [0.25, 0.3) is 0 Å². The number of para-hydroxylation sites is 2. The van der Waals surface area contributed by atoms with Crippen LogP contribution in [0.1, 0.15) is 34.8 Å². The Labute approximate surface area is 185 Å². The minimum Gasteiger partial charge on any atom is -0.453 e. The molecular formula is C27H23NO4. The highest BCUT2D eigenvalue weighted by Gasteiger charge is 2.22. The fourth-order valence-electron chi connectivity index (χ4n) is 4.62. The lowest BCUT2D eigenvalue weighted by atomic mass is 10.0. The third kappa shape index (κ3) is 3.50. The van der Waals surface area contributed by atoms with E-state index in [4.69, 9.17) is 4.74 Å². The van der Waals surface area contributed by atoms with Crippen LogP contribution in [-0.4, -0.2) is 22.4 Å². The first-order valence-electron chi connectivity index (χ1n) is 10.9. The molecule has 1 unspecified atom stereocenters. The highest BCUT2D eigenvalue weighted by atomic mass is 16.5. The maximum Gasteiger partial charge on any atom is 0.326 e. The summed E-state index contributed by atoms with van der Waals surface area (Å²) in [5, 5.41) is 1.09. The number of aromatic nitrogens is 1. The van der Waals surface area contributed by atoms with E-state index in [2.05, 4.69) is 0 Å². The quantitative estimate of drug-likeness (QED) is 0.269. The molecule has 0 N–H and O–H groups in total. The topological polar surface area (TPSA) is 65.4 Å². The molecule has 5 heteroatoms. The zero-order valence-corrected chi connectivity index (χ0v) is 17.8. The highest BCUT2D eigenvalue weighted by Crippen LogP contribution is 2.24. The van der Waals surface area contributed by atoms with E-state index in [1.807, 2.05) is 42.5 Å². The number of hydrogen-bond acceptors (Lipinski definition) is 4. The van der Waals surface area contributed by atoms with Crippen molar-refractivity contribution < 1.29 is 14.3 Å². The van der Waals surface area contributed by atoms with Gasteiger partial charge in [0.15, 0.2) is 11.5 Å². The summed E-state index contributed by atoms with van der Waals surface area (Å²) in [5.74, 6) is -0.728. The Morgan fingerprint density at radius 3 is 2.22 bits per heavy atom. The van der Waals surface area contributed by atoms with Gasteiger partial charge in [0.2, 0.25) is 5.78 Å². The molecule has 0 aliphatic heterocycles. The molecule has 3 aromatic carbocycles. The summed E-state index contributed by atoms with van der Waals surface area (Å²) in [5.41, 5.74) is 4.33. The number of rotatable bonds is 5. The van der Waals surface area contributed by atoms with E-state index in [1.54, 1.807) is 35.8 Å². The van der Waals surface area contributed by atoms with Crippen molar-refractivity contribution in [2.75, 3.05) is 0 Å². The van der Waals surface area contributed by atoms with Crippen molar-refractivity contribution in [3.63, 3.8) is 0 Å². The molecular weight excluding hydrogens is 402 g/mol. The lowest BCUT2D eigenvalue weighted by Crippen LogP contribution is -2.27. The van der Waals surface area contributed by atoms with Gasteiger partial charge in [0.05, 0.1) is 11.0 Å². The van der Waals surface area contributed by atoms with Crippen molar-refractivity contribution in [1.82, 2.24) is 4.57 Å². The summed E-state index contributed by atoms with van der Waals surface area (Å²) in [4.78, 5) is 38.6. The van der Waals surface area contributed by atoms with Crippen LogP contribution in [0.15, 0.2) is 71.5 Å². The lowest BCUT2D eigenvalue weighted by molar-refractivity contribution is -0.146. The van der Waals surface area contributed by atoms with E-state index in [9.17, 15) is 14.4 Å². The second-order valence-electron chi connectivity index (χ2n) is 8.28. The fourth-order valence-corrected chi connectivity index (χ4v) is 4.62. The van der Waals surface area contributed by atoms with E-state index in [0.717, 1.165) is 19.3 Å². The molecule has 0 saturated carbocycles. The maximum atomic E-state index is 12.9. The number of fused-ring (bicyclic) bond motifs is 3. The fraction of sp³-hybridized carbons (Fsp3) is 0.222. The number of nitrogens with zero attached hydrogens (tertiary/aromatic N) is 1. The molecule has 160 valence electrons. The number of hydrogen-bond donors (Lipinski definition) is 0. The number of ether oxygens (including phenoxy) is 1. The Bertz CT molecular complexity index is 1370. The van der Waals surface area contributed by atoms with Crippen LogP contribution in [0.5, 0.6) is 0 Å². The molecule has 5 nitrogen and oxygen atoms in total. The van der Waals surface area contributed by atoms with Crippen LogP contribution in [0.3, 0.4) is 0 Å². The Hall–Kier alpha value is -3.73. The zero-order valence-electron chi connectivity index (χ0n) is 17.8. The predicted molar refractivity (Wildman–Crippen MR) is 124 cm³/mol. The number of ketones is 1. The molecule has 0 radical (unpaired) electrons. The molecule has 0 bridgehead atoms. The average molecular weight is 425 g/mol. The molecule has 0 amide bonds. The SMILES string of the molecule is CC(OC(=O)Cn1c2ccccc2c(=O)c2ccccc21)C(=O)c1ccc2c(c1)CCC2. The maximum absolute atomic E-state index is 12.9. The van der Waals surface area contributed by atoms with Crippen LogP contribution >= 0.6 is 0 Å². The lowest BCUT2D eigenvalue weighted by Gasteiger charge is -2.17. The smallest absolute Gasteiger partial charge is 0.326 e. The number of pyridine rings is 1. The van der Waals surface area contributed by atoms with E-state index in [1.165, 1.54) is 11.1 Å². The number of Topliss-reactive ketones (excluding diaryl/α,β-unsaturated/α-hetero) is 1. The Kier molecular flexibility index (Phi) is 5.10. The van der Waals surface area contributed by atoms with Gasteiger partial charge in [-0.2, -0.15) is 0 Å². The Balaban J connectivity index is 1.42. The number of carbonyl (C=O) groups excluding carboxylic acids is 2. The standard InChI is InChI=1S/C27H23NO4/c1-17(26(30)20-14-13-18-7-6-8-19(18)15-20)32-25(29)16-28-23-11-4-2-9-21(23)27(31)22-10-3-5-12-24(22)28/h2-5,9-15,17H,6-8,16H2,1H3. The van der Waals surface area contributed by atoms with Gasteiger partial charge in [0.1, 0.15) is 6.54 Å². The molecule has 1 aliphatic rings. The molecule has 0 spiro atoms. The largest absolute Gasteiger partial charge is 0.453 e. The molecule has 32 heavy (non-hydrogen) atoms. The van der Waals surface area contributed by atoms with Crippen molar-refractivity contribution in [2.45, 2.75) is 38.8 Å². The van der Waals surface area contributed by atoms with Crippen molar-refractivity contribution in [3.05, 3.63) is 93.6 Å². The molecule has 1 heterocycles. The number of carbonyl (C=O) groups is 2. The van der Waals surface area contributed by atoms with Crippen molar-refractivity contribution in [3.8, 4) is 0 Å². The molecule has 1 atom stereocenters. The van der Waals surface area contributed by atoms with Gasteiger partial charge in [-0.1, -0.05) is 36.4 Å². The first-order valence-corrected chi connectivity index (χ1v) is 10.9. The number of benzene rings is 3. The predicted octanol–water partition coefficient (Wildman–Crippen LogP) is 4.46. The van der Waals surface area contributed by atoms with E-state index in [-0.39, 0.29) is 17.8 Å². The van der Waals surface area contributed by atoms with E-state index >= 15 is 0 Å². The van der Waals surface area contributed by atoms with Gasteiger partial charge in [-0.25, -0.2) is 0 Å². The Morgan fingerprint density at radius 1 is 0.906 bits per heavy atom. The van der Waals surface area contributed by atoms with Gasteiger partial charge < -0.3 is 9.30 Å². The summed E-state index contributed by atoms with van der Waals surface area (Å²) >= 11 is 0. The van der Waals surface area contributed by atoms with Gasteiger partial charge in [-0.05, 0) is 67.6 Å². The van der Waals surface area contributed by atoms with Crippen LogP contribution in [0.25, 0.3) is 21.8 Å². The average Bonchev–Trinajstić information content (AvgIpc) is 3.29. The molecule has 1 aliphatic carbocycles. The third-order valence-corrected chi connectivity index (χ3v) is 6.23. The van der Waals surface area contributed by atoms with Crippen LogP contribution in [0.2, 0.25) is 0 Å². The normalized spacial score (nSPS) is 13.8. The second-order valence-corrected chi connectivity index (χ2v) is 8.28. The molecule has 5 rings (SSSR count). The molecule has 1 aromatic heterocycles. The Morgan fingerprint density at radius 2 is 1.53 bits per heavy atom. The first-order chi connectivity index (χ1) is 15.5. The molecule has 0 saturated heterocycles. The number of aryl methyl sites for hydroxylation is 2. The molecule has 0 fully saturated rings. The summed E-state index contributed by atoms with van der Waals surface area (Å²) in [6.07, 6.45) is 2.25. The van der Waals surface area contributed by atoms with Gasteiger partial charge >= 0.3 is 5.97 Å². The summed E-state index contributed by atoms with van der Waals surface area (Å²) in [6, 6.07) is 20.2.